The van der Waals surface area contributed by atoms with Crippen LogP contribution in [0.1, 0.15) is 52.9 Å². The van der Waals surface area contributed by atoms with Crippen LogP contribution in [0.4, 0.5) is 0 Å². The van der Waals surface area contributed by atoms with Gasteiger partial charge in [-0.2, -0.15) is 0 Å². The fraction of sp³-hybridized carbons (Fsp3) is 1.00. The van der Waals surface area contributed by atoms with E-state index in [-0.39, 0.29) is 0 Å². The molecule has 3 atom stereocenters. The summed E-state index contributed by atoms with van der Waals surface area (Å²) in [6.07, 6.45) is 6.71. The van der Waals surface area contributed by atoms with Gasteiger partial charge < -0.3 is 5.73 Å². The molecule has 2 nitrogen and oxygen atoms in total. The van der Waals surface area contributed by atoms with Crippen molar-refractivity contribution in [3.05, 3.63) is 0 Å². The van der Waals surface area contributed by atoms with E-state index in [4.69, 9.17) is 5.73 Å². The highest BCUT2D eigenvalue weighted by atomic mass is 15.2. The minimum Gasteiger partial charge on any atom is -0.326 e. The van der Waals surface area contributed by atoms with E-state index in [0.29, 0.717) is 12.0 Å². The van der Waals surface area contributed by atoms with Crippen molar-refractivity contribution in [2.45, 2.75) is 65.0 Å². The second-order valence-electron chi connectivity index (χ2n) is 5.24. The summed E-state index contributed by atoms with van der Waals surface area (Å²) in [5.74, 6) is 0.653. The van der Waals surface area contributed by atoms with Crippen LogP contribution < -0.4 is 5.73 Å². The van der Waals surface area contributed by atoms with Crippen molar-refractivity contribution in [2.24, 2.45) is 11.7 Å². The molecule has 0 saturated carbocycles. The molecule has 1 aliphatic heterocycles. The molecule has 15 heavy (non-hydrogen) atoms. The lowest BCUT2D eigenvalue weighted by Crippen LogP contribution is -2.44. The van der Waals surface area contributed by atoms with Gasteiger partial charge >= 0.3 is 0 Å². The maximum atomic E-state index is 6.23. The predicted octanol–water partition coefficient (Wildman–Crippen LogP) is 2.62. The van der Waals surface area contributed by atoms with Gasteiger partial charge in [0.05, 0.1) is 0 Å². The normalized spacial score (nSPS) is 28.4. The van der Waals surface area contributed by atoms with Gasteiger partial charge in [0.2, 0.25) is 0 Å². The lowest BCUT2D eigenvalue weighted by molar-refractivity contribution is 0.184. The molecule has 0 spiro atoms. The van der Waals surface area contributed by atoms with Crippen molar-refractivity contribution < 1.29 is 0 Å². The topological polar surface area (TPSA) is 29.3 Å². The Bertz CT molecular complexity index is 170. The number of nitrogens with two attached hydrogens (primary N) is 1. The summed E-state index contributed by atoms with van der Waals surface area (Å²) in [7, 11) is 0. The summed E-state index contributed by atoms with van der Waals surface area (Å²) in [5.41, 5.74) is 6.23. The average Bonchev–Trinajstić information content (AvgIpc) is 2.43. The highest BCUT2D eigenvalue weighted by Gasteiger charge is 2.20. The van der Waals surface area contributed by atoms with E-state index < -0.39 is 0 Å². The first-order valence-corrected chi connectivity index (χ1v) is 6.64. The predicted molar refractivity (Wildman–Crippen MR) is 66.9 cm³/mol. The zero-order chi connectivity index (χ0) is 11.3. The Morgan fingerprint density at radius 1 is 1.33 bits per heavy atom. The van der Waals surface area contributed by atoms with Crippen LogP contribution in [0.25, 0.3) is 0 Å². The minimum absolute atomic E-state index is 0.357. The number of rotatable bonds is 4. The van der Waals surface area contributed by atoms with Crippen LogP contribution in [0.2, 0.25) is 0 Å². The van der Waals surface area contributed by atoms with E-state index >= 15 is 0 Å². The van der Waals surface area contributed by atoms with E-state index in [1.165, 1.54) is 38.6 Å². The summed E-state index contributed by atoms with van der Waals surface area (Å²) in [6, 6.07) is 1.10. The van der Waals surface area contributed by atoms with Gasteiger partial charge in [0, 0.05) is 18.6 Å². The largest absolute Gasteiger partial charge is 0.326 e. The van der Waals surface area contributed by atoms with Gasteiger partial charge in [0.15, 0.2) is 0 Å². The van der Waals surface area contributed by atoms with Crippen molar-refractivity contribution in [1.82, 2.24) is 4.90 Å². The molecule has 1 heterocycles. The van der Waals surface area contributed by atoms with Crippen molar-refractivity contribution in [3.8, 4) is 0 Å². The van der Waals surface area contributed by atoms with Gasteiger partial charge in [0.25, 0.3) is 0 Å². The van der Waals surface area contributed by atoms with Crippen LogP contribution in [-0.4, -0.2) is 30.1 Å². The van der Waals surface area contributed by atoms with E-state index in [2.05, 4.69) is 25.7 Å². The molecule has 3 unspecified atom stereocenters. The highest BCUT2D eigenvalue weighted by molar-refractivity contribution is 4.78. The summed E-state index contributed by atoms with van der Waals surface area (Å²) in [4.78, 5) is 2.60. The first-order valence-electron chi connectivity index (χ1n) is 6.64. The van der Waals surface area contributed by atoms with Crippen LogP contribution in [-0.2, 0) is 0 Å². The van der Waals surface area contributed by atoms with Gasteiger partial charge in [-0.15, -0.1) is 0 Å². The Labute approximate surface area is 95.2 Å². The van der Waals surface area contributed by atoms with Crippen molar-refractivity contribution in [2.75, 3.05) is 13.1 Å². The third-order valence-corrected chi connectivity index (χ3v) is 4.01. The van der Waals surface area contributed by atoms with Gasteiger partial charge in [-0.1, -0.05) is 33.1 Å². The van der Waals surface area contributed by atoms with E-state index in [0.717, 1.165) is 12.6 Å². The highest BCUT2D eigenvalue weighted by Crippen LogP contribution is 2.17. The summed E-state index contributed by atoms with van der Waals surface area (Å²) >= 11 is 0. The molecule has 0 aromatic carbocycles. The third-order valence-electron chi connectivity index (χ3n) is 4.01. The molecule has 0 aromatic rings. The lowest BCUT2D eigenvalue weighted by Gasteiger charge is -2.31. The summed E-state index contributed by atoms with van der Waals surface area (Å²) < 4.78 is 0. The zero-order valence-corrected chi connectivity index (χ0v) is 10.7. The average molecular weight is 212 g/mol. The van der Waals surface area contributed by atoms with Crippen LogP contribution in [0, 0.1) is 5.92 Å². The molecule has 2 N–H and O–H groups in total. The molecule has 1 aliphatic rings. The zero-order valence-electron chi connectivity index (χ0n) is 10.7. The molecule has 0 radical (unpaired) electrons. The Balaban J connectivity index is 2.40. The molecule has 90 valence electrons. The maximum Gasteiger partial charge on any atom is 0.0193 e. The van der Waals surface area contributed by atoms with E-state index in [1.54, 1.807) is 0 Å². The number of hydrogen-bond donors (Lipinski definition) is 1. The standard InChI is InChI=1S/C13H28N2/c1-4-11(2)13(14)10-15-9-7-5-6-8-12(15)3/h11-13H,4-10,14H2,1-3H3. The minimum atomic E-state index is 0.357. The van der Waals surface area contributed by atoms with Gasteiger partial charge in [-0.3, -0.25) is 4.90 Å². The quantitative estimate of drug-likeness (QED) is 0.776. The molecular weight excluding hydrogens is 184 g/mol. The Morgan fingerprint density at radius 3 is 2.73 bits per heavy atom. The van der Waals surface area contributed by atoms with Crippen LogP contribution in [0.3, 0.4) is 0 Å². The Morgan fingerprint density at radius 2 is 2.07 bits per heavy atom. The van der Waals surface area contributed by atoms with Gasteiger partial charge in [-0.05, 0) is 32.2 Å². The molecule has 1 fully saturated rings. The van der Waals surface area contributed by atoms with Crippen molar-refractivity contribution in [3.63, 3.8) is 0 Å². The van der Waals surface area contributed by atoms with Crippen LogP contribution in [0.15, 0.2) is 0 Å². The first kappa shape index (κ1) is 13.0. The number of likely N-dealkylation sites (tertiary alicyclic amines) is 1. The molecular formula is C13H28N2. The lowest BCUT2D eigenvalue weighted by atomic mass is 9.99. The first-order chi connectivity index (χ1) is 7.15. The van der Waals surface area contributed by atoms with Gasteiger partial charge in [-0.25, -0.2) is 0 Å². The monoisotopic (exact) mass is 212 g/mol. The third kappa shape index (κ3) is 4.12. The van der Waals surface area contributed by atoms with Crippen LogP contribution in [0.5, 0.6) is 0 Å². The SMILES string of the molecule is CCC(C)C(N)CN1CCCCCC1C. The van der Waals surface area contributed by atoms with Crippen molar-refractivity contribution >= 4 is 0 Å². The fourth-order valence-electron chi connectivity index (χ4n) is 2.36. The van der Waals surface area contributed by atoms with E-state index in [9.17, 15) is 0 Å². The summed E-state index contributed by atoms with van der Waals surface area (Å²) in [6.45, 7) is 9.21. The van der Waals surface area contributed by atoms with E-state index in [1.807, 2.05) is 0 Å². The fourth-order valence-corrected chi connectivity index (χ4v) is 2.36. The summed E-state index contributed by atoms with van der Waals surface area (Å²) in [5, 5.41) is 0. The second-order valence-corrected chi connectivity index (χ2v) is 5.24. The molecule has 0 amide bonds. The maximum absolute atomic E-state index is 6.23. The second kappa shape index (κ2) is 6.49. The van der Waals surface area contributed by atoms with Crippen molar-refractivity contribution in [1.29, 1.82) is 0 Å². The van der Waals surface area contributed by atoms with Gasteiger partial charge in [0.1, 0.15) is 0 Å². The Kier molecular flexibility index (Phi) is 5.62. The Hall–Kier alpha value is -0.0800. The molecule has 0 aliphatic carbocycles. The molecule has 0 bridgehead atoms. The number of hydrogen-bond acceptors (Lipinski definition) is 2. The number of nitrogens with zero attached hydrogens (tertiary/aromatic N) is 1. The molecule has 1 rings (SSSR count). The van der Waals surface area contributed by atoms with Crippen LogP contribution >= 0.6 is 0 Å². The molecule has 2 heteroatoms. The molecule has 0 aromatic heterocycles. The smallest absolute Gasteiger partial charge is 0.0193 e. The molecule has 1 saturated heterocycles.